The molecule has 0 atom stereocenters. The number of carbonyl (C=O) groups excluding carboxylic acids is 1. The minimum atomic E-state index is -0.311. The zero-order valence-electron chi connectivity index (χ0n) is 9.33. The molecule has 1 aromatic rings. The maximum absolute atomic E-state index is 11.4. The Hall–Kier alpha value is -1.01. The van der Waals surface area contributed by atoms with Gasteiger partial charge in [0.15, 0.2) is 0 Å². The van der Waals surface area contributed by atoms with Crippen molar-refractivity contribution in [1.82, 2.24) is 10.2 Å². The maximum atomic E-state index is 11.4. The number of ether oxygens (including phenoxy) is 1. The molecule has 0 radical (unpaired) electrons. The number of aromatic nitrogens is 2. The van der Waals surface area contributed by atoms with Crippen LogP contribution in [0.25, 0.3) is 0 Å². The molecule has 0 aliphatic heterocycles. The summed E-state index contributed by atoms with van der Waals surface area (Å²) < 4.78 is 5.31. The molecule has 0 aliphatic carbocycles. The normalized spacial score (nSPS) is 11.5. The van der Waals surface area contributed by atoms with Crippen molar-refractivity contribution in [2.24, 2.45) is 0 Å². The molecular formula is C9H15N3O2S. The summed E-state index contributed by atoms with van der Waals surface area (Å²) in [4.78, 5) is 11.4. The maximum Gasteiger partial charge on any atom is 0.252 e. The molecule has 0 saturated heterocycles. The first-order chi connectivity index (χ1) is 6.87. The van der Waals surface area contributed by atoms with Crippen molar-refractivity contribution >= 4 is 22.4 Å². The summed E-state index contributed by atoms with van der Waals surface area (Å²) in [6.45, 7) is 7.56. The molecule has 15 heavy (non-hydrogen) atoms. The van der Waals surface area contributed by atoms with E-state index in [1.165, 1.54) is 11.3 Å². The highest BCUT2D eigenvalue weighted by Crippen LogP contribution is 2.13. The highest BCUT2D eigenvalue weighted by molar-refractivity contribution is 7.15. The second-order valence-electron chi connectivity index (χ2n) is 4.08. The Labute approximate surface area is 92.9 Å². The molecule has 0 bridgehead atoms. The number of carbonyl (C=O) groups is 1. The Kier molecular flexibility index (Phi) is 3.76. The average Bonchev–Trinajstić information content (AvgIpc) is 2.47. The predicted molar refractivity (Wildman–Crippen MR) is 59.0 cm³/mol. The van der Waals surface area contributed by atoms with Crippen LogP contribution < -0.4 is 5.32 Å². The van der Waals surface area contributed by atoms with Gasteiger partial charge in [-0.25, -0.2) is 0 Å². The van der Waals surface area contributed by atoms with Gasteiger partial charge < -0.3 is 4.74 Å². The summed E-state index contributed by atoms with van der Waals surface area (Å²) in [6, 6.07) is 0. The Balaban J connectivity index is 2.37. The average molecular weight is 229 g/mol. The number of anilines is 1. The van der Waals surface area contributed by atoms with Crippen molar-refractivity contribution in [3.05, 3.63) is 5.01 Å². The summed E-state index contributed by atoms with van der Waals surface area (Å²) in [6.07, 6.45) is 0. The van der Waals surface area contributed by atoms with Crippen LogP contribution in [-0.2, 0) is 9.53 Å². The summed E-state index contributed by atoms with van der Waals surface area (Å²) in [5.74, 6) is -0.207. The molecule has 0 fully saturated rings. The van der Waals surface area contributed by atoms with Gasteiger partial charge in [0.25, 0.3) is 5.91 Å². The van der Waals surface area contributed by atoms with Gasteiger partial charge in [-0.15, -0.1) is 10.2 Å². The first kappa shape index (κ1) is 12.1. The fourth-order valence-electron chi connectivity index (χ4n) is 0.784. The van der Waals surface area contributed by atoms with E-state index >= 15 is 0 Å². The third-order valence-electron chi connectivity index (χ3n) is 1.41. The molecule has 0 spiro atoms. The topological polar surface area (TPSA) is 64.1 Å². The fourth-order valence-corrected chi connectivity index (χ4v) is 1.39. The minimum absolute atomic E-state index is 0.0299. The first-order valence-corrected chi connectivity index (χ1v) is 5.42. The molecule has 1 N–H and O–H groups in total. The SMILES string of the molecule is Cc1nnc(NC(=O)COC(C)(C)C)s1. The van der Waals surface area contributed by atoms with Gasteiger partial charge in [0.2, 0.25) is 5.13 Å². The number of hydrogen-bond donors (Lipinski definition) is 1. The predicted octanol–water partition coefficient (Wildman–Crippen LogP) is 1.60. The van der Waals surface area contributed by atoms with Crippen LogP contribution in [0.4, 0.5) is 5.13 Å². The van der Waals surface area contributed by atoms with Crippen molar-refractivity contribution in [1.29, 1.82) is 0 Å². The summed E-state index contributed by atoms with van der Waals surface area (Å²) in [5.41, 5.74) is -0.311. The summed E-state index contributed by atoms with van der Waals surface area (Å²) in [7, 11) is 0. The molecule has 0 aromatic carbocycles. The molecule has 1 rings (SSSR count). The third-order valence-corrected chi connectivity index (χ3v) is 2.16. The number of hydrogen-bond acceptors (Lipinski definition) is 5. The number of nitrogens with one attached hydrogen (secondary N) is 1. The van der Waals surface area contributed by atoms with E-state index < -0.39 is 0 Å². The van der Waals surface area contributed by atoms with Gasteiger partial charge in [-0.1, -0.05) is 11.3 Å². The number of amides is 1. The quantitative estimate of drug-likeness (QED) is 0.855. The Bertz CT molecular complexity index is 343. The van der Waals surface area contributed by atoms with E-state index in [1.54, 1.807) is 0 Å². The van der Waals surface area contributed by atoms with Crippen LogP contribution in [0.15, 0.2) is 0 Å². The van der Waals surface area contributed by atoms with E-state index in [4.69, 9.17) is 4.74 Å². The van der Waals surface area contributed by atoms with Gasteiger partial charge in [-0.3, -0.25) is 10.1 Å². The molecule has 1 heterocycles. The molecule has 1 amide bonds. The smallest absolute Gasteiger partial charge is 0.252 e. The van der Waals surface area contributed by atoms with Gasteiger partial charge in [0.05, 0.1) is 5.60 Å². The largest absolute Gasteiger partial charge is 0.366 e. The molecule has 0 saturated carbocycles. The molecule has 6 heteroatoms. The number of rotatable bonds is 3. The van der Waals surface area contributed by atoms with Gasteiger partial charge in [0, 0.05) is 0 Å². The number of aryl methyl sites for hydroxylation is 1. The van der Waals surface area contributed by atoms with Crippen LogP contribution in [0.2, 0.25) is 0 Å². The van der Waals surface area contributed by atoms with Gasteiger partial charge in [-0.2, -0.15) is 0 Å². The van der Waals surface area contributed by atoms with Gasteiger partial charge in [0.1, 0.15) is 11.6 Å². The van der Waals surface area contributed by atoms with Crippen LogP contribution in [-0.4, -0.2) is 28.3 Å². The standard InChI is InChI=1S/C9H15N3O2S/c1-6-11-12-8(15-6)10-7(13)5-14-9(2,3)4/h5H2,1-4H3,(H,10,12,13). The monoisotopic (exact) mass is 229 g/mol. The Morgan fingerprint density at radius 3 is 2.60 bits per heavy atom. The second-order valence-corrected chi connectivity index (χ2v) is 5.26. The molecule has 1 aromatic heterocycles. The highest BCUT2D eigenvalue weighted by Gasteiger charge is 2.13. The minimum Gasteiger partial charge on any atom is -0.366 e. The molecule has 84 valence electrons. The zero-order valence-corrected chi connectivity index (χ0v) is 10.1. The lowest BCUT2D eigenvalue weighted by Gasteiger charge is -2.18. The van der Waals surface area contributed by atoms with E-state index in [9.17, 15) is 4.79 Å². The molecular weight excluding hydrogens is 214 g/mol. The van der Waals surface area contributed by atoms with Crippen molar-refractivity contribution in [3.8, 4) is 0 Å². The van der Waals surface area contributed by atoms with Crippen LogP contribution in [0.5, 0.6) is 0 Å². The molecule has 0 aliphatic rings. The first-order valence-electron chi connectivity index (χ1n) is 4.61. The summed E-state index contributed by atoms with van der Waals surface area (Å²) in [5, 5.41) is 11.5. The van der Waals surface area contributed by atoms with E-state index in [0.717, 1.165) is 5.01 Å². The third kappa shape index (κ3) is 4.85. The van der Waals surface area contributed by atoms with Crippen molar-refractivity contribution in [2.75, 3.05) is 11.9 Å². The molecule has 5 nitrogen and oxygen atoms in total. The summed E-state index contributed by atoms with van der Waals surface area (Å²) >= 11 is 1.34. The van der Waals surface area contributed by atoms with Gasteiger partial charge >= 0.3 is 0 Å². The van der Waals surface area contributed by atoms with Crippen LogP contribution in [0.3, 0.4) is 0 Å². The Morgan fingerprint density at radius 1 is 1.47 bits per heavy atom. The van der Waals surface area contributed by atoms with Crippen molar-refractivity contribution in [2.45, 2.75) is 33.3 Å². The lowest BCUT2D eigenvalue weighted by molar-refractivity contribution is -0.125. The van der Waals surface area contributed by atoms with Crippen LogP contribution in [0, 0.1) is 6.92 Å². The van der Waals surface area contributed by atoms with Crippen LogP contribution in [0.1, 0.15) is 25.8 Å². The lowest BCUT2D eigenvalue weighted by atomic mass is 10.2. The second kappa shape index (κ2) is 4.67. The highest BCUT2D eigenvalue weighted by atomic mass is 32.1. The zero-order chi connectivity index (χ0) is 11.5. The fraction of sp³-hybridized carbons (Fsp3) is 0.667. The number of nitrogens with zero attached hydrogens (tertiary/aromatic N) is 2. The van der Waals surface area contributed by atoms with Gasteiger partial charge in [-0.05, 0) is 27.7 Å². The lowest BCUT2D eigenvalue weighted by Crippen LogP contribution is -2.27. The van der Waals surface area contributed by atoms with Crippen molar-refractivity contribution in [3.63, 3.8) is 0 Å². The van der Waals surface area contributed by atoms with Crippen LogP contribution >= 0.6 is 11.3 Å². The van der Waals surface area contributed by atoms with E-state index in [0.29, 0.717) is 5.13 Å². The van der Waals surface area contributed by atoms with E-state index in [-0.39, 0.29) is 18.1 Å². The Morgan fingerprint density at radius 2 is 2.13 bits per heavy atom. The van der Waals surface area contributed by atoms with E-state index in [2.05, 4.69) is 15.5 Å². The van der Waals surface area contributed by atoms with E-state index in [1.807, 2.05) is 27.7 Å². The molecule has 0 unspecified atom stereocenters. The van der Waals surface area contributed by atoms with Crippen molar-refractivity contribution < 1.29 is 9.53 Å².